The van der Waals surface area contributed by atoms with Crippen molar-refractivity contribution in [2.45, 2.75) is 19.4 Å². The molecule has 7 nitrogen and oxygen atoms in total. The Balaban J connectivity index is 1.77. The summed E-state index contributed by atoms with van der Waals surface area (Å²) in [5.41, 5.74) is 7.25. The Hall–Kier alpha value is -3.89. The number of nitrogens with two attached hydrogens (primary N) is 1. The van der Waals surface area contributed by atoms with Crippen LogP contribution >= 0.6 is 11.6 Å². The quantitative estimate of drug-likeness (QED) is 0.613. The van der Waals surface area contributed by atoms with Crippen LogP contribution in [0.5, 0.6) is 17.2 Å². The summed E-state index contributed by atoms with van der Waals surface area (Å²) in [5, 5.41) is 10.4. The topological polar surface area (TPSA) is 108 Å². The third-order valence-electron chi connectivity index (χ3n) is 5.09. The molecule has 1 atom stereocenters. The molecule has 32 heavy (non-hydrogen) atoms. The van der Waals surface area contributed by atoms with Gasteiger partial charge in [0.2, 0.25) is 5.88 Å². The number of aryl methyl sites for hydroxylation is 1. The number of nitriles is 1. The molecule has 0 amide bonds. The summed E-state index contributed by atoms with van der Waals surface area (Å²) < 4.78 is 22.2. The fourth-order valence-corrected chi connectivity index (χ4v) is 3.70. The summed E-state index contributed by atoms with van der Waals surface area (Å²) in [6, 6.07) is 16.1. The predicted molar refractivity (Wildman–Crippen MR) is 118 cm³/mol. The van der Waals surface area contributed by atoms with Crippen LogP contribution in [0.3, 0.4) is 0 Å². The molecule has 0 spiro atoms. The molecule has 0 aliphatic carbocycles. The second-order valence-electron chi connectivity index (χ2n) is 7.17. The van der Waals surface area contributed by atoms with E-state index < -0.39 is 11.5 Å². The highest BCUT2D eigenvalue weighted by Crippen LogP contribution is 2.42. The number of rotatable bonds is 5. The maximum Gasteiger partial charge on any atom is 0.343 e. The molecule has 8 heteroatoms. The van der Waals surface area contributed by atoms with Gasteiger partial charge in [-0.3, -0.25) is 0 Å². The summed E-state index contributed by atoms with van der Waals surface area (Å²) in [6.07, 6.45) is 0. The van der Waals surface area contributed by atoms with Gasteiger partial charge in [0, 0.05) is 11.1 Å². The zero-order valence-corrected chi connectivity index (χ0v) is 18.1. The van der Waals surface area contributed by atoms with E-state index in [9.17, 15) is 10.1 Å². The number of halogens is 1. The average Bonchev–Trinajstić information content (AvgIpc) is 2.77. The van der Waals surface area contributed by atoms with Crippen LogP contribution in [0.2, 0.25) is 5.02 Å². The van der Waals surface area contributed by atoms with Crippen molar-refractivity contribution in [1.82, 2.24) is 0 Å². The van der Waals surface area contributed by atoms with Gasteiger partial charge >= 0.3 is 5.63 Å². The van der Waals surface area contributed by atoms with E-state index in [1.54, 1.807) is 43.3 Å². The minimum atomic E-state index is -0.774. The molecule has 3 aromatic rings. The number of allylic oxidation sites excluding steroid dienone is 1. The predicted octanol–water partition coefficient (Wildman–Crippen LogP) is 4.41. The third-order valence-corrected chi connectivity index (χ3v) is 5.34. The van der Waals surface area contributed by atoms with Crippen molar-refractivity contribution in [1.29, 1.82) is 5.26 Å². The van der Waals surface area contributed by atoms with E-state index in [2.05, 4.69) is 6.07 Å². The first-order valence-corrected chi connectivity index (χ1v) is 10.1. The summed E-state index contributed by atoms with van der Waals surface area (Å²) in [6.45, 7) is 1.90. The molecule has 2 heterocycles. The van der Waals surface area contributed by atoms with Crippen LogP contribution < -0.4 is 25.6 Å². The van der Waals surface area contributed by atoms with E-state index in [0.717, 1.165) is 5.56 Å². The normalized spacial score (nSPS) is 14.9. The molecule has 1 unspecified atom stereocenters. The van der Waals surface area contributed by atoms with Gasteiger partial charge in [-0.05, 0) is 42.3 Å². The lowest BCUT2D eigenvalue weighted by Gasteiger charge is -2.25. The molecule has 0 bridgehead atoms. The van der Waals surface area contributed by atoms with Crippen LogP contribution in [-0.4, -0.2) is 7.11 Å². The van der Waals surface area contributed by atoms with Crippen LogP contribution in [0.1, 0.15) is 28.4 Å². The maximum atomic E-state index is 12.7. The summed E-state index contributed by atoms with van der Waals surface area (Å²) >= 11 is 5.94. The lowest BCUT2D eigenvalue weighted by atomic mass is 9.84. The van der Waals surface area contributed by atoms with Crippen molar-refractivity contribution in [3.05, 3.63) is 97.9 Å². The highest BCUT2D eigenvalue weighted by molar-refractivity contribution is 6.30. The Bertz CT molecular complexity index is 1310. The zero-order valence-electron chi connectivity index (χ0n) is 17.3. The van der Waals surface area contributed by atoms with Crippen LogP contribution in [0.4, 0.5) is 0 Å². The number of nitrogens with zero attached hydrogens (tertiary/aromatic N) is 1. The van der Waals surface area contributed by atoms with Gasteiger partial charge in [-0.1, -0.05) is 29.8 Å². The Labute approximate surface area is 189 Å². The number of hydrogen-bond acceptors (Lipinski definition) is 7. The van der Waals surface area contributed by atoms with Gasteiger partial charge in [-0.15, -0.1) is 0 Å². The standard InChI is InChI=1S/C24H19ClN2O5/c1-13-9-20-22(24(28)31-13)21(17(11-26)23(27)32-20)15-5-8-18(29-2)19(10-15)30-12-14-3-6-16(25)7-4-14/h3-10,21H,12,27H2,1-2H3. The van der Waals surface area contributed by atoms with Crippen LogP contribution in [0, 0.1) is 18.3 Å². The molecule has 1 aliphatic heterocycles. The van der Waals surface area contributed by atoms with Crippen molar-refractivity contribution in [2.75, 3.05) is 7.11 Å². The minimum absolute atomic E-state index is 0.0607. The van der Waals surface area contributed by atoms with Crippen LogP contribution in [0.15, 0.2) is 69.2 Å². The monoisotopic (exact) mass is 450 g/mol. The smallest absolute Gasteiger partial charge is 0.343 e. The number of hydrogen-bond donors (Lipinski definition) is 1. The van der Waals surface area contributed by atoms with Gasteiger partial charge in [-0.25, -0.2) is 4.79 Å². The molecular weight excluding hydrogens is 432 g/mol. The molecule has 0 saturated carbocycles. The fraction of sp³-hybridized carbons (Fsp3) is 0.167. The van der Waals surface area contributed by atoms with Crippen LogP contribution in [0.25, 0.3) is 0 Å². The first-order valence-electron chi connectivity index (χ1n) is 9.68. The van der Waals surface area contributed by atoms with Crippen molar-refractivity contribution in [3.63, 3.8) is 0 Å². The van der Waals surface area contributed by atoms with Crippen molar-refractivity contribution in [2.24, 2.45) is 5.73 Å². The summed E-state index contributed by atoms with van der Waals surface area (Å²) in [4.78, 5) is 12.7. The second-order valence-corrected chi connectivity index (χ2v) is 7.61. The molecule has 0 fully saturated rings. The molecule has 1 aliphatic rings. The number of methoxy groups -OCH3 is 1. The first kappa shape index (κ1) is 21.3. The minimum Gasteiger partial charge on any atom is -0.493 e. The Kier molecular flexibility index (Phi) is 5.80. The van der Waals surface area contributed by atoms with Gasteiger partial charge in [0.15, 0.2) is 11.5 Å². The average molecular weight is 451 g/mol. The fourth-order valence-electron chi connectivity index (χ4n) is 3.58. The SMILES string of the molecule is COc1ccc(C2C(C#N)=C(N)Oc3cc(C)oc(=O)c32)cc1OCc1ccc(Cl)cc1. The molecular formula is C24H19ClN2O5. The third kappa shape index (κ3) is 4.01. The van der Waals surface area contributed by atoms with Gasteiger partial charge in [0.25, 0.3) is 0 Å². The van der Waals surface area contributed by atoms with Gasteiger partial charge < -0.3 is 24.4 Å². The first-order chi connectivity index (χ1) is 15.4. The molecule has 2 aromatic carbocycles. The lowest BCUT2D eigenvalue weighted by Crippen LogP contribution is -2.26. The van der Waals surface area contributed by atoms with Gasteiger partial charge in [0.05, 0.1) is 18.6 Å². The molecule has 0 radical (unpaired) electrons. The highest BCUT2D eigenvalue weighted by atomic mass is 35.5. The highest BCUT2D eigenvalue weighted by Gasteiger charge is 2.34. The molecule has 2 N–H and O–H groups in total. The number of ether oxygens (including phenoxy) is 3. The number of benzene rings is 2. The Morgan fingerprint density at radius 1 is 1.16 bits per heavy atom. The van der Waals surface area contributed by atoms with Crippen molar-refractivity contribution in [3.8, 4) is 23.3 Å². The number of fused-ring (bicyclic) bond motifs is 1. The molecule has 1 aromatic heterocycles. The summed E-state index contributed by atoms with van der Waals surface area (Å²) in [5.74, 6) is 0.753. The summed E-state index contributed by atoms with van der Waals surface area (Å²) in [7, 11) is 1.53. The molecule has 4 rings (SSSR count). The Morgan fingerprint density at radius 2 is 1.91 bits per heavy atom. The van der Waals surface area contributed by atoms with E-state index >= 15 is 0 Å². The maximum absolute atomic E-state index is 12.7. The van der Waals surface area contributed by atoms with Crippen molar-refractivity contribution >= 4 is 11.6 Å². The lowest BCUT2D eigenvalue weighted by molar-refractivity contribution is 0.284. The largest absolute Gasteiger partial charge is 0.493 e. The van der Waals surface area contributed by atoms with E-state index in [1.807, 2.05) is 12.1 Å². The molecule has 162 valence electrons. The van der Waals surface area contributed by atoms with Gasteiger partial charge in [0.1, 0.15) is 29.8 Å². The second kappa shape index (κ2) is 8.69. The van der Waals surface area contributed by atoms with E-state index in [0.29, 0.717) is 27.8 Å². The van der Waals surface area contributed by atoms with Gasteiger partial charge in [-0.2, -0.15) is 5.26 Å². The van der Waals surface area contributed by atoms with Crippen molar-refractivity contribution < 1.29 is 18.6 Å². The zero-order chi connectivity index (χ0) is 22.8. The van der Waals surface area contributed by atoms with E-state index in [4.69, 9.17) is 36.0 Å². The van der Waals surface area contributed by atoms with Crippen LogP contribution in [-0.2, 0) is 6.61 Å². The Morgan fingerprint density at radius 3 is 2.59 bits per heavy atom. The molecule has 0 saturated heterocycles. The van der Waals surface area contributed by atoms with E-state index in [1.165, 1.54) is 7.11 Å². The van der Waals surface area contributed by atoms with E-state index in [-0.39, 0.29) is 29.4 Å².